The van der Waals surface area contributed by atoms with Crippen LogP contribution in [0.3, 0.4) is 0 Å². The van der Waals surface area contributed by atoms with Crippen molar-refractivity contribution in [1.29, 1.82) is 0 Å². The molecule has 3 aromatic rings. The molecule has 0 radical (unpaired) electrons. The zero-order valence-electron chi connectivity index (χ0n) is 18.1. The normalized spacial score (nSPS) is 17.5. The van der Waals surface area contributed by atoms with Crippen LogP contribution in [-0.2, 0) is 9.59 Å². The Labute approximate surface area is 190 Å². The molecule has 0 aromatic heterocycles. The van der Waals surface area contributed by atoms with E-state index in [9.17, 15) is 24.9 Å². The third-order valence-corrected chi connectivity index (χ3v) is 5.27. The molecule has 168 valence electrons. The van der Waals surface area contributed by atoms with E-state index in [2.05, 4.69) is 0 Å². The summed E-state index contributed by atoms with van der Waals surface area (Å²) in [6, 6.07) is 17.7. The van der Waals surface area contributed by atoms with Gasteiger partial charge >= 0.3 is 0 Å². The summed E-state index contributed by atoms with van der Waals surface area (Å²) < 4.78 is 5.69. The lowest BCUT2D eigenvalue weighted by Crippen LogP contribution is -2.29. The van der Waals surface area contributed by atoms with E-state index in [1.807, 2.05) is 13.8 Å². The molecule has 1 atom stereocenters. The molecule has 1 aliphatic rings. The highest BCUT2D eigenvalue weighted by Gasteiger charge is 2.47. The number of Topliss-reactive ketones (excluding diaryl/α,β-unsaturated/α-hetero) is 1. The number of anilines is 1. The maximum absolute atomic E-state index is 13.2. The van der Waals surface area contributed by atoms with Crippen LogP contribution in [0.2, 0.25) is 0 Å². The Morgan fingerprint density at radius 2 is 1.64 bits per heavy atom. The maximum atomic E-state index is 13.2. The molecule has 0 bridgehead atoms. The number of aromatic hydroxyl groups is 2. The Kier molecular flexibility index (Phi) is 5.79. The molecule has 0 saturated carbocycles. The van der Waals surface area contributed by atoms with Gasteiger partial charge in [-0.3, -0.25) is 14.5 Å². The third-order valence-electron chi connectivity index (χ3n) is 5.27. The summed E-state index contributed by atoms with van der Waals surface area (Å²) in [6.45, 7) is 3.74. The van der Waals surface area contributed by atoms with E-state index < -0.39 is 17.7 Å². The number of carbonyl (C=O) groups is 2. The molecule has 33 heavy (non-hydrogen) atoms. The number of carbonyl (C=O) groups excluding carboxylic acids is 2. The van der Waals surface area contributed by atoms with Crippen molar-refractivity contribution in [2.24, 2.45) is 0 Å². The fourth-order valence-corrected chi connectivity index (χ4v) is 3.87. The summed E-state index contributed by atoms with van der Waals surface area (Å²) in [5, 5.41) is 31.3. The fraction of sp³-hybridized carbons (Fsp3) is 0.154. The molecule has 1 unspecified atom stereocenters. The second-order valence-corrected chi connectivity index (χ2v) is 7.94. The van der Waals surface area contributed by atoms with Crippen LogP contribution in [0, 0.1) is 0 Å². The lowest BCUT2D eigenvalue weighted by atomic mass is 9.95. The molecule has 3 N–H and O–H groups in total. The quantitative estimate of drug-likeness (QED) is 0.303. The lowest BCUT2D eigenvalue weighted by molar-refractivity contribution is -0.132. The average molecular weight is 445 g/mol. The van der Waals surface area contributed by atoms with Crippen molar-refractivity contribution in [3.63, 3.8) is 0 Å². The first kappa shape index (κ1) is 22.0. The first-order valence-corrected chi connectivity index (χ1v) is 10.4. The van der Waals surface area contributed by atoms with Crippen LogP contribution < -0.4 is 9.64 Å². The summed E-state index contributed by atoms with van der Waals surface area (Å²) in [5.74, 6) is -1.80. The number of rotatable bonds is 5. The molecule has 1 amide bonds. The second-order valence-electron chi connectivity index (χ2n) is 7.94. The van der Waals surface area contributed by atoms with Crippen LogP contribution >= 0.6 is 0 Å². The van der Waals surface area contributed by atoms with E-state index in [1.165, 1.54) is 24.3 Å². The monoisotopic (exact) mass is 445 g/mol. The minimum absolute atomic E-state index is 0.0109. The number of benzene rings is 3. The van der Waals surface area contributed by atoms with Gasteiger partial charge in [0.1, 0.15) is 23.0 Å². The van der Waals surface area contributed by atoms with Crippen molar-refractivity contribution >= 4 is 23.1 Å². The second kappa shape index (κ2) is 8.70. The standard InChI is InChI=1S/C26H23NO6/c1-15(2)33-19-7-5-6-17(14-19)24(30)22-23(16-10-12-18(28)13-11-16)27(26(32)25(22)31)20-8-3-4-9-21(20)29/h3-15,23,28-30H,1-2H3/b24-22-. The Hall–Kier alpha value is -4.26. The van der Waals surface area contributed by atoms with E-state index in [0.717, 1.165) is 4.90 Å². The largest absolute Gasteiger partial charge is 0.508 e. The Balaban J connectivity index is 1.92. The van der Waals surface area contributed by atoms with Crippen molar-refractivity contribution in [3.8, 4) is 17.2 Å². The molecule has 1 aliphatic heterocycles. The molecule has 4 rings (SSSR count). The highest BCUT2D eigenvalue weighted by Crippen LogP contribution is 2.44. The number of ketones is 1. The molecule has 1 fully saturated rings. The van der Waals surface area contributed by atoms with Gasteiger partial charge in [-0.15, -0.1) is 0 Å². The van der Waals surface area contributed by atoms with Crippen molar-refractivity contribution in [1.82, 2.24) is 0 Å². The number of phenolic OH excluding ortho intramolecular Hbond substituents is 2. The Bertz CT molecular complexity index is 1250. The van der Waals surface area contributed by atoms with Gasteiger partial charge in [-0.25, -0.2) is 0 Å². The van der Waals surface area contributed by atoms with Crippen molar-refractivity contribution in [3.05, 3.63) is 89.5 Å². The van der Waals surface area contributed by atoms with Crippen LogP contribution in [-0.4, -0.2) is 33.1 Å². The maximum Gasteiger partial charge on any atom is 0.300 e. The molecule has 7 heteroatoms. The zero-order valence-corrected chi connectivity index (χ0v) is 18.1. The first-order valence-electron chi connectivity index (χ1n) is 10.4. The number of aliphatic hydroxyl groups is 1. The van der Waals surface area contributed by atoms with Crippen LogP contribution in [0.1, 0.15) is 31.0 Å². The number of hydrogen-bond acceptors (Lipinski definition) is 6. The van der Waals surface area contributed by atoms with Gasteiger partial charge < -0.3 is 20.1 Å². The number of phenols is 2. The Morgan fingerprint density at radius 3 is 2.30 bits per heavy atom. The van der Waals surface area contributed by atoms with Crippen LogP contribution in [0.5, 0.6) is 17.2 Å². The summed E-state index contributed by atoms with van der Waals surface area (Å²) in [5.41, 5.74) is 0.794. The van der Waals surface area contributed by atoms with Crippen molar-refractivity contribution < 1.29 is 29.6 Å². The summed E-state index contributed by atoms with van der Waals surface area (Å²) in [6.07, 6.45) is -0.0916. The smallest absolute Gasteiger partial charge is 0.300 e. The molecule has 0 aliphatic carbocycles. The van der Waals surface area contributed by atoms with Crippen molar-refractivity contribution in [2.75, 3.05) is 4.90 Å². The molecule has 1 saturated heterocycles. The molecule has 3 aromatic carbocycles. The number of nitrogens with zero attached hydrogens (tertiary/aromatic N) is 1. The van der Waals surface area contributed by atoms with Crippen LogP contribution in [0.15, 0.2) is 78.4 Å². The highest BCUT2D eigenvalue weighted by atomic mass is 16.5. The van der Waals surface area contributed by atoms with Gasteiger partial charge in [0.15, 0.2) is 0 Å². The number of hydrogen-bond donors (Lipinski definition) is 3. The van der Waals surface area contributed by atoms with Crippen LogP contribution in [0.25, 0.3) is 5.76 Å². The molecular formula is C26H23NO6. The minimum Gasteiger partial charge on any atom is -0.508 e. The summed E-state index contributed by atoms with van der Waals surface area (Å²) >= 11 is 0. The van der Waals surface area contributed by atoms with E-state index in [1.54, 1.807) is 48.5 Å². The Morgan fingerprint density at radius 1 is 0.939 bits per heavy atom. The van der Waals surface area contributed by atoms with Crippen molar-refractivity contribution in [2.45, 2.75) is 26.0 Å². The highest BCUT2D eigenvalue weighted by molar-refractivity contribution is 6.51. The van der Waals surface area contributed by atoms with Gasteiger partial charge in [0.25, 0.3) is 11.7 Å². The SMILES string of the molecule is CC(C)Oc1cccc(/C(O)=C2/C(=O)C(=O)N(c3ccccc3O)C2c2ccc(O)cc2)c1. The summed E-state index contributed by atoms with van der Waals surface area (Å²) in [7, 11) is 0. The molecular weight excluding hydrogens is 422 g/mol. The van der Waals surface area contributed by atoms with Crippen LogP contribution in [0.4, 0.5) is 5.69 Å². The molecule has 0 spiro atoms. The van der Waals surface area contributed by atoms with Gasteiger partial charge in [0, 0.05) is 5.56 Å². The minimum atomic E-state index is -1.02. The van der Waals surface area contributed by atoms with Gasteiger partial charge in [0.05, 0.1) is 23.4 Å². The van der Waals surface area contributed by atoms with E-state index >= 15 is 0 Å². The van der Waals surface area contributed by atoms with Gasteiger partial charge in [-0.2, -0.15) is 0 Å². The number of aliphatic hydroxyl groups excluding tert-OH is 1. The van der Waals surface area contributed by atoms with Gasteiger partial charge in [-0.1, -0.05) is 36.4 Å². The van der Waals surface area contributed by atoms with E-state index in [4.69, 9.17) is 4.74 Å². The number of amides is 1. The predicted molar refractivity (Wildman–Crippen MR) is 123 cm³/mol. The van der Waals surface area contributed by atoms with Gasteiger partial charge in [0.2, 0.25) is 0 Å². The topological polar surface area (TPSA) is 107 Å². The number of para-hydroxylation sites is 2. The van der Waals surface area contributed by atoms with E-state index in [-0.39, 0.29) is 34.6 Å². The third kappa shape index (κ3) is 4.13. The fourth-order valence-electron chi connectivity index (χ4n) is 3.87. The van der Waals surface area contributed by atoms with E-state index in [0.29, 0.717) is 16.9 Å². The lowest BCUT2D eigenvalue weighted by Gasteiger charge is -2.26. The first-order chi connectivity index (χ1) is 15.8. The predicted octanol–water partition coefficient (Wildman–Crippen LogP) is 4.51. The average Bonchev–Trinajstić information content (AvgIpc) is 3.04. The van der Waals surface area contributed by atoms with Gasteiger partial charge in [-0.05, 0) is 55.8 Å². The molecule has 7 nitrogen and oxygen atoms in total. The number of ether oxygens (including phenoxy) is 1. The summed E-state index contributed by atoms with van der Waals surface area (Å²) in [4.78, 5) is 27.4. The molecule has 1 heterocycles. The zero-order chi connectivity index (χ0) is 23.7.